The molecule has 0 aromatic carbocycles. The highest BCUT2D eigenvalue weighted by Gasteiger charge is 2.80. The van der Waals surface area contributed by atoms with Gasteiger partial charge in [-0.05, 0) is 32.6 Å². The van der Waals surface area contributed by atoms with Crippen LogP contribution in [-0.4, -0.2) is 71.3 Å². The van der Waals surface area contributed by atoms with Gasteiger partial charge < -0.3 is 24.8 Å². The van der Waals surface area contributed by atoms with E-state index < -0.39 is 35.0 Å². The number of carbonyl (C=O) groups excluding carboxylic acids is 3. The van der Waals surface area contributed by atoms with E-state index in [0.29, 0.717) is 13.0 Å². The summed E-state index contributed by atoms with van der Waals surface area (Å²) >= 11 is 0. The Balaban J connectivity index is 2.01. The molecule has 2 N–H and O–H groups in total. The monoisotopic (exact) mass is 396 g/mol. The Morgan fingerprint density at radius 3 is 2.71 bits per heavy atom. The van der Waals surface area contributed by atoms with E-state index in [9.17, 15) is 19.5 Å². The van der Waals surface area contributed by atoms with Gasteiger partial charge >= 0.3 is 5.97 Å². The van der Waals surface area contributed by atoms with Crippen LogP contribution in [0, 0.1) is 17.8 Å². The fraction of sp³-hybridized carbons (Fsp3) is 0.850. The van der Waals surface area contributed by atoms with Gasteiger partial charge in [-0.2, -0.15) is 0 Å². The average Bonchev–Trinajstić information content (AvgIpc) is 3.14. The van der Waals surface area contributed by atoms with Crippen molar-refractivity contribution in [3.05, 3.63) is 0 Å². The molecule has 3 rings (SSSR count). The number of aliphatic hydroxyl groups excluding tert-OH is 1. The molecule has 3 heterocycles. The number of aliphatic hydroxyl groups is 1. The van der Waals surface area contributed by atoms with E-state index in [2.05, 4.69) is 5.32 Å². The number of hydrogen-bond acceptors (Lipinski definition) is 6. The third-order valence-corrected chi connectivity index (χ3v) is 6.77. The number of likely N-dealkylation sites (tertiary alicyclic amines) is 1. The smallest absolute Gasteiger partial charge is 0.312 e. The summed E-state index contributed by atoms with van der Waals surface area (Å²) in [6, 6.07) is -0.849. The minimum atomic E-state index is -1.06. The second-order valence-electron chi connectivity index (χ2n) is 8.36. The van der Waals surface area contributed by atoms with Crippen molar-refractivity contribution in [2.75, 3.05) is 26.3 Å². The maximum atomic E-state index is 13.3. The van der Waals surface area contributed by atoms with E-state index in [1.807, 2.05) is 20.8 Å². The van der Waals surface area contributed by atoms with Gasteiger partial charge in [0, 0.05) is 13.1 Å². The molecule has 28 heavy (non-hydrogen) atoms. The first-order chi connectivity index (χ1) is 13.3. The summed E-state index contributed by atoms with van der Waals surface area (Å²) in [7, 11) is 0. The lowest BCUT2D eigenvalue weighted by atomic mass is 9.62. The molecule has 0 aromatic heterocycles. The van der Waals surface area contributed by atoms with Crippen LogP contribution in [0.2, 0.25) is 0 Å². The van der Waals surface area contributed by atoms with Crippen LogP contribution in [-0.2, 0) is 23.9 Å². The summed E-state index contributed by atoms with van der Waals surface area (Å²) in [6.45, 7) is 8.11. The molecule has 1 spiro atoms. The van der Waals surface area contributed by atoms with Crippen molar-refractivity contribution in [1.29, 1.82) is 0 Å². The summed E-state index contributed by atoms with van der Waals surface area (Å²) in [5, 5.41) is 12.4. The molecule has 0 aliphatic carbocycles. The minimum Gasteiger partial charge on any atom is -0.466 e. The third-order valence-electron chi connectivity index (χ3n) is 6.77. The SMILES string of the molecule is CCCCNC(=O)C1N(CCO)C(=O)[C@@H]2[C@@H](C(=O)OCC)[C@]3(C)OC12CC3C. The Morgan fingerprint density at radius 1 is 1.39 bits per heavy atom. The van der Waals surface area contributed by atoms with Crippen LogP contribution in [0.5, 0.6) is 0 Å². The fourth-order valence-corrected chi connectivity index (χ4v) is 5.46. The molecule has 158 valence electrons. The first-order valence-corrected chi connectivity index (χ1v) is 10.3. The van der Waals surface area contributed by atoms with Gasteiger partial charge in [-0.3, -0.25) is 14.4 Å². The van der Waals surface area contributed by atoms with E-state index in [4.69, 9.17) is 9.47 Å². The standard InChI is InChI=1S/C20H32N2O6/c1-5-7-8-21-16(24)15-20-11-12(3)19(4,28-20)14(18(26)27-6-2)13(20)17(25)22(15)9-10-23/h12-15,23H,5-11H2,1-4H3,(H,21,24)/t12?,13-,14-,15?,19+,20?/m0/s1. The molecule has 2 bridgehead atoms. The molecule has 0 saturated carbocycles. The Labute approximate surface area is 165 Å². The largest absolute Gasteiger partial charge is 0.466 e. The molecular weight excluding hydrogens is 364 g/mol. The van der Waals surface area contributed by atoms with Gasteiger partial charge in [-0.15, -0.1) is 0 Å². The normalized spacial score (nSPS) is 38.6. The maximum Gasteiger partial charge on any atom is 0.312 e. The van der Waals surface area contributed by atoms with Crippen LogP contribution in [0.4, 0.5) is 0 Å². The number of rotatable bonds is 8. The second kappa shape index (κ2) is 7.63. The van der Waals surface area contributed by atoms with E-state index in [-0.39, 0.29) is 37.5 Å². The van der Waals surface area contributed by atoms with Crippen molar-refractivity contribution < 1.29 is 29.0 Å². The van der Waals surface area contributed by atoms with Gasteiger partial charge in [0.1, 0.15) is 17.6 Å². The summed E-state index contributed by atoms with van der Waals surface area (Å²) in [4.78, 5) is 40.6. The molecule has 2 amide bonds. The number of carbonyl (C=O) groups is 3. The van der Waals surface area contributed by atoms with E-state index in [1.165, 1.54) is 4.90 Å². The van der Waals surface area contributed by atoms with Crippen molar-refractivity contribution in [1.82, 2.24) is 10.2 Å². The number of fused-ring (bicyclic) bond motifs is 1. The Kier molecular flexibility index (Phi) is 5.74. The van der Waals surface area contributed by atoms with Gasteiger partial charge in [-0.25, -0.2) is 0 Å². The summed E-state index contributed by atoms with van der Waals surface area (Å²) < 4.78 is 11.7. The molecule has 3 saturated heterocycles. The molecule has 8 heteroatoms. The third kappa shape index (κ3) is 2.84. The molecule has 8 nitrogen and oxygen atoms in total. The van der Waals surface area contributed by atoms with Crippen molar-refractivity contribution >= 4 is 17.8 Å². The first-order valence-electron chi connectivity index (χ1n) is 10.3. The number of ether oxygens (including phenoxy) is 2. The van der Waals surface area contributed by atoms with E-state index >= 15 is 0 Å². The van der Waals surface area contributed by atoms with Gasteiger partial charge in [-0.1, -0.05) is 20.3 Å². The number of nitrogens with zero attached hydrogens (tertiary/aromatic N) is 1. The zero-order valence-corrected chi connectivity index (χ0v) is 17.2. The number of hydrogen-bond donors (Lipinski definition) is 2. The average molecular weight is 396 g/mol. The highest BCUT2D eigenvalue weighted by atomic mass is 16.6. The van der Waals surface area contributed by atoms with Gasteiger partial charge in [0.15, 0.2) is 0 Å². The molecule has 3 fully saturated rings. The number of unbranched alkanes of at least 4 members (excludes halogenated alkanes) is 1. The van der Waals surface area contributed by atoms with Crippen molar-refractivity contribution in [3.8, 4) is 0 Å². The lowest BCUT2D eigenvalue weighted by Crippen LogP contribution is -2.56. The molecule has 0 radical (unpaired) electrons. The highest BCUT2D eigenvalue weighted by molar-refractivity contribution is 5.98. The molecule has 3 aliphatic rings. The molecule has 0 aromatic rings. The quantitative estimate of drug-likeness (QED) is 0.456. The van der Waals surface area contributed by atoms with Crippen LogP contribution in [0.1, 0.15) is 47.0 Å². The summed E-state index contributed by atoms with van der Waals surface area (Å²) in [6.07, 6.45) is 2.29. The predicted molar refractivity (Wildman–Crippen MR) is 100 cm³/mol. The Hall–Kier alpha value is -1.67. The number of β-amino-alcohol motifs (C(OH)–C–C–N with tert-alkyl or cyclic N) is 1. The molecular formula is C20H32N2O6. The van der Waals surface area contributed by atoms with Crippen LogP contribution in [0.25, 0.3) is 0 Å². The number of esters is 1. The maximum absolute atomic E-state index is 13.3. The van der Waals surface area contributed by atoms with Crippen molar-refractivity contribution in [2.24, 2.45) is 17.8 Å². The van der Waals surface area contributed by atoms with Gasteiger partial charge in [0.05, 0.1) is 24.7 Å². The second-order valence-corrected chi connectivity index (χ2v) is 8.36. The zero-order chi connectivity index (χ0) is 20.7. The first kappa shape index (κ1) is 21.0. The lowest BCUT2D eigenvalue weighted by Gasteiger charge is -2.35. The van der Waals surface area contributed by atoms with Crippen LogP contribution < -0.4 is 5.32 Å². The fourth-order valence-electron chi connectivity index (χ4n) is 5.46. The highest BCUT2D eigenvalue weighted by Crippen LogP contribution is 2.65. The molecule has 3 aliphatic heterocycles. The molecule has 3 unspecified atom stereocenters. The van der Waals surface area contributed by atoms with E-state index in [0.717, 1.165) is 12.8 Å². The van der Waals surface area contributed by atoms with Crippen LogP contribution in [0.3, 0.4) is 0 Å². The summed E-state index contributed by atoms with van der Waals surface area (Å²) in [5.41, 5.74) is -1.91. The number of nitrogens with one attached hydrogen (secondary N) is 1. The van der Waals surface area contributed by atoms with Crippen LogP contribution >= 0.6 is 0 Å². The van der Waals surface area contributed by atoms with Gasteiger partial charge in [0.2, 0.25) is 11.8 Å². The Bertz CT molecular complexity index is 655. The minimum absolute atomic E-state index is 0.00836. The zero-order valence-electron chi connectivity index (χ0n) is 17.2. The van der Waals surface area contributed by atoms with Crippen molar-refractivity contribution in [3.63, 3.8) is 0 Å². The number of amides is 2. The van der Waals surface area contributed by atoms with Crippen molar-refractivity contribution in [2.45, 2.75) is 64.2 Å². The predicted octanol–water partition coefficient (Wildman–Crippen LogP) is 0.469. The topological polar surface area (TPSA) is 105 Å². The lowest BCUT2D eigenvalue weighted by molar-refractivity contribution is -0.161. The molecule has 6 atom stereocenters. The summed E-state index contributed by atoms with van der Waals surface area (Å²) in [5.74, 6) is -2.56. The van der Waals surface area contributed by atoms with Gasteiger partial charge in [0.25, 0.3) is 0 Å². The van der Waals surface area contributed by atoms with E-state index in [1.54, 1.807) is 6.92 Å². The Morgan fingerprint density at radius 2 is 2.11 bits per heavy atom. The van der Waals surface area contributed by atoms with Crippen LogP contribution in [0.15, 0.2) is 0 Å².